The van der Waals surface area contributed by atoms with Crippen molar-refractivity contribution in [2.75, 3.05) is 6.61 Å². The summed E-state index contributed by atoms with van der Waals surface area (Å²) >= 11 is 0. The second kappa shape index (κ2) is 8.09. The highest BCUT2D eigenvalue weighted by Gasteiger charge is 2.07. The third-order valence-corrected chi connectivity index (χ3v) is 2.94. The largest absolute Gasteiger partial charge is 0.491 e. The van der Waals surface area contributed by atoms with Crippen LogP contribution in [0.3, 0.4) is 0 Å². The van der Waals surface area contributed by atoms with Crippen LogP contribution in [0.5, 0.6) is 5.75 Å². The lowest BCUT2D eigenvalue weighted by atomic mass is 10.1. The van der Waals surface area contributed by atoms with Crippen molar-refractivity contribution in [3.63, 3.8) is 0 Å². The number of benzene rings is 1. The lowest BCUT2D eigenvalue weighted by molar-refractivity contribution is 0.198. The highest BCUT2D eigenvalue weighted by Crippen LogP contribution is 2.22. The lowest BCUT2D eigenvalue weighted by Gasteiger charge is -2.10. The Balaban J connectivity index is 2.34. The van der Waals surface area contributed by atoms with Crippen molar-refractivity contribution in [3.8, 4) is 5.75 Å². The summed E-state index contributed by atoms with van der Waals surface area (Å²) in [6, 6.07) is 4.61. The molecule has 0 spiro atoms. The summed E-state index contributed by atoms with van der Waals surface area (Å²) in [5.74, 6) is -0.128. The quantitative estimate of drug-likeness (QED) is 0.703. The Labute approximate surface area is 109 Å². The fourth-order valence-corrected chi connectivity index (χ4v) is 1.78. The molecular weight excluding hydrogens is 231 g/mol. The van der Waals surface area contributed by atoms with Crippen molar-refractivity contribution in [2.24, 2.45) is 0 Å². The Kier molecular flexibility index (Phi) is 6.73. The predicted octanol–water partition coefficient (Wildman–Crippen LogP) is 4.23. The molecule has 0 aliphatic carbocycles. The highest BCUT2D eigenvalue weighted by atomic mass is 19.1. The van der Waals surface area contributed by atoms with Crippen molar-refractivity contribution in [1.29, 1.82) is 0 Å². The van der Waals surface area contributed by atoms with Crippen LogP contribution in [0.25, 0.3) is 0 Å². The average molecular weight is 254 g/mol. The van der Waals surface area contributed by atoms with Crippen LogP contribution in [0, 0.1) is 5.82 Å². The molecule has 0 aromatic heterocycles. The van der Waals surface area contributed by atoms with Crippen LogP contribution in [-0.2, 0) is 0 Å². The molecule has 1 rings (SSSR count). The van der Waals surface area contributed by atoms with E-state index in [-0.39, 0.29) is 5.75 Å². The maximum Gasteiger partial charge on any atom is 0.165 e. The molecule has 0 bridgehead atoms. The first-order valence-electron chi connectivity index (χ1n) is 6.75. The van der Waals surface area contributed by atoms with Gasteiger partial charge >= 0.3 is 0 Å². The summed E-state index contributed by atoms with van der Waals surface area (Å²) in [6.07, 6.45) is 5.11. The molecule has 1 aromatic carbocycles. The van der Waals surface area contributed by atoms with E-state index in [0.717, 1.165) is 12.8 Å². The molecule has 0 aliphatic heterocycles. The Hall–Kier alpha value is -1.09. The summed E-state index contributed by atoms with van der Waals surface area (Å²) in [6.45, 7) is 4.34. The minimum Gasteiger partial charge on any atom is -0.491 e. The number of rotatable bonds is 8. The highest BCUT2D eigenvalue weighted by molar-refractivity contribution is 5.30. The Morgan fingerprint density at radius 2 is 1.94 bits per heavy atom. The number of ether oxygens (including phenoxy) is 1. The molecule has 18 heavy (non-hydrogen) atoms. The van der Waals surface area contributed by atoms with Gasteiger partial charge in [-0.2, -0.15) is 0 Å². The van der Waals surface area contributed by atoms with E-state index < -0.39 is 11.9 Å². The summed E-state index contributed by atoms with van der Waals surface area (Å²) < 4.78 is 19.0. The third-order valence-electron chi connectivity index (χ3n) is 2.94. The number of aliphatic hydroxyl groups is 1. The molecule has 1 N–H and O–H groups in total. The van der Waals surface area contributed by atoms with E-state index in [1.54, 1.807) is 19.1 Å². The topological polar surface area (TPSA) is 29.5 Å². The van der Waals surface area contributed by atoms with E-state index >= 15 is 0 Å². The zero-order valence-corrected chi connectivity index (χ0v) is 11.3. The molecule has 0 saturated carbocycles. The molecule has 0 heterocycles. The maximum atomic E-state index is 13.6. The van der Waals surface area contributed by atoms with Crippen molar-refractivity contribution in [3.05, 3.63) is 29.6 Å². The van der Waals surface area contributed by atoms with Crippen LogP contribution in [0.15, 0.2) is 18.2 Å². The third kappa shape index (κ3) is 5.05. The maximum absolute atomic E-state index is 13.6. The van der Waals surface area contributed by atoms with Crippen molar-refractivity contribution < 1.29 is 14.2 Å². The van der Waals surface area contributed by atoms with E-state index in [2.05, 4.69) is 6.92 Å². The number of halogens is 1. The van der Waals surface area contributed by atoms with Gasteiger partial charge in [0.2, 0.25) is 0 Å². The van der Waals surface area contributed by atoms with Crippen molar-refractivity contribution >= 4 is 0 Å². The van der Waals surface area contributed by atoms with Gasteiger partial charge in [-0.1, -0.05) is 38.7 Å². The number of unbranched alkanes of at least 4 members (excludes halogenated alkanes) is 4. The molecule has 2 nitrogen and oxygen atoms in total. The summed E-state index contributed by atoms with van der Waals surface area (Å²) in [5.41, 5.74) is 0.572. The average Bonchev–Trinajstić information content (AvgIpc) is 2.35. The van der Waals surface area contributed by atoms with Crippen LogP contribution in [0.4, 0.5) is 4.39 Å². The lowest BCUT2D eigenvalue weighted by Crippen LogP contribution is -2.00. The van der Waals surface area contributed by atoms with Crippen LogP contribution in [0.2, 0.25) is 0 Å². The van der Waals surface area contributed by atoms with E-state index in [1.807, 2.05) is 0 Å². The normalized spacial score (nSPS) is 12.4. The second-order valence-corrected chi connectivity index (χ2v) is 4.63. The number of hydrogen-bond acceptors (Lipinski definition) is 2. The van der Waals surface area contributed by atoms with Crippen LogP contribution in [0.1, 0.15) is 57.6 Å². The van der Waals surface area contributed by atoms with Gasteiger partial charge in [-0.15, -0.1) is 0 Å². The molecule has 0 amide bonds. The molecule has 3 heteroatoms. The molecule has 0 fully saturated rings. The van der Waals surface area contributed by atoms with E-state index in [4.69, 9.17) is 4.74 Å². The first-order valence-corrected chi connectivity index (χ1v) is 6.75. The van der Waals surface area contributed by atoms with Gasteiger partial charge in [-0.25, -0.2) is 4.39 Å². The smallest absolute Gasteiger partial charge is 0.165 e. The SMILES string of the molecule is CCCCCCCOc1ccc([C@H](C)O)cc1F. The summed E-state index contributed by atoms with van der Waals surface area (Å²) in [4.78, 5) is 0. The Morgan fingerprint density at radius 3 is 2.56 bits per heavy atom. The van der Waals surface area contributed by atoms with Crippen LogP contribution >= 0.6 is 0 Å². The first kappa shape index (κ1) is 15.0. The molecule has 0 saturated heterocycles. The number of hydrogen-bond donors (Lipinski definition) is 1. The van der Waals surface area contributed by atoms with Crippen LogP contribution in [-0.4, -0.2) is 11.7 Å². The van der Waals surface area contributed by atoms with Gasteiger partial charge in [0.25, 0.3) is 0 Å². The predicted molar refractivity (Wildman–Crippen MR) is 71.3 cm³/mol. The van der Waals surface area contributed by atoms with E-state index in [1.165, 1.54) is 25.3 Å². The van der Waals surface area contributed by atoms with Gasteiger partial charge in [0.15, 0.2) is 11.6 Å². The molecule has 1 aromatic rings. The summed E-state index contributed by atoms with van der Waals surface area (Å²) in [5, 5.41) is 9.33. The van der Waals surface area contributed by atoms with E-state index in [0.29, 0.717) is 12.2 Å². The second-order valence-electron chi connectivity index (χ2n) is 4.63. The van der Waals surface area contributed by atoms with Gasteiger partial charge in [-0.05, 0) is 31.0 Å². The fraction of sp³-hybridized carbons (Fsp3) is 0.600. The van der Waals surface area contributed by atoms with Gasteiger partial charge in [-0.3, -0.25) is 0 Å². The summed E-state index contributed by atoms with van der Waals surface area (Å²) in [7, 11) is 0. The molecule has 102 valence electrons. The minimum absolute atomic E-state index is 0.273. The standard InChI is InChI=1S/C15H23FO2/c1-3-4-5-6-7-10-18-15-9-8-13(12(2)17)11-14(15)16/h8-9,11-12,17H,3-7,10H2,1-2H3/t12-/m0/s1. The van der Waals surface area contributed by atoms with Gasteiger partial charge < -0.3 is 9.84 Å². The monoisotopic (exact) mass is 254 g/mol. The molecule has 0 aliphatic rings. The zero-order chi connectivity index (χ0) is 13.4. The molecule has 0 radical (unpaired) electrons. The molecule has 1 atom stereocenters. The minimum atomic E-state index is -0.650. The van der Waals surface area contributed by atoms with Gasteiger partial charge in [0.1, 0.15) is 0 Å². The Bertz CT molecular complexity index is 350. The number of aliphatic hydroxyl groups excluding tert-OH is 1. The molecular formula is C15H23FO2. The van der Waals surface area contributed by atoms with E-state index in [9.17, 15) is 9.50 Å². The Morgan fingerprint density at radius 1 is 1.22 bits per heavy atom. The fourth-order valence-electron chi connectivity index (χ4n) is 1.78. The zero-order valence-electron chi connectivity index (χ0n) is 11.3. The molecule has 0 unspecified atom stereocenters. The first-order chi connectivity index (χ1) is 8.65. The van der Waals surface area contributed by atoms with Crippen LogP contribution < -0.4 is 4.74 Å². The van der Waals surface area contributed by atoms with Crippen molar-refractivity contribution in [2.45, 2.75) is 52.1 Å². The van der Waals surface area contributed by atoms with Gasteiger partial charge in [0.05, 0.1) is 12.7 Å². The van der Waals surface area contributed by atoms with Crippen molar-refractivity contribution in [1.82, 2.24) is 0 Å². The van der Waals surface area contributed by atoms with Gasteiger partial charge in [0, 0.05) is 0 Å².